The molecule has 1 aliphatic carbocycles. The van der Waals surface area contributed by atoms with Gasteiger partial charge in [-0.05, 0) is 35.4 Å². The molecule has 138 valence electrons. The lowest BCUT2D eigenvalue weighted by Crippen LogP contribution is -2.18. The molecule has 1 fully saturated rings. The maximum Gasteiger partial charge on any atom is 0.381 e. The molecule has 0 radical (unpaired) electrons. The van der Waals surface area contributed by atoms with Crippen LogP contribution < -0.4 is 4.74 Å². The van der Waals surface area contributed by atoms with E-state index < -0.39 is 0 Å². The van der Waals surface area contributed by atoms with Gasteiger partial charge in [0.15, 0.2) is 11.5 Å². The highest BCUT2D eigenvalue weighted by atomic mass is 16.5. The highest BCUT2D eigenvalue weighted by Crippen LogP contribution is 2.41. The Morgan fingerprint density at radius 3 is 2.77 bits per heavy atom. The molecule has 6 heteroatoms. The van der Waals surface area contributed by atoms with E-state index in [4.69, 9.17) is 14.2 Å². The first-order valence-corrected chi connectivity index (χ1v) is 8.38. The molecule has 0 bridgehead atoms. The minimum absolute atomic E-state index is 0.000882. The monoisotopic (exact) mass is 359 g/mol. The molecule has 1 aromatic rings. The van der Waals surface area contributed by atoms with Gasteiger partial charge in [-0.2, -0.15) is 0 Å². The molecule has 3 rings (SSSR count). The smallest absolute Gasteiger partial charge is 0.381 e. The summed E-state index contributed by atoms with van der Waals surface area (Å²) in [6.45, 7) is 0.423. The second-order valence-corrected chi connectivity index (χ2v) is 6.29. The summed E-state index contributed by atoms with van der Waals surface area (Å²) in [4.78, 5) is 9.72. The van der Waals surface area contributed by atoms with Gasteiger partial charge in [-0.3, -0.25) is 4.79 Å². The van der Waals surface area contributed by atoms with E-state index in [1.165, 1.54) is 14.2 Å². The molecular weight excluding hydrogens is 336 g/mol. The van der Waals surface area contributed by atoms with Crippen LogP contribution in [0.5, 0.6) is 11.5 Å². The van der Waals surface area contributed by atoms with E-state index in [-0.39, 0.29) is 36.1 Å². The number of phenolic OH excluding ortho intramolecular Hbond substituents is 1. The summed E-state index contributed by atoms with van der Waals surface area (Å²) in [5, 5.41) is 19.7. The van der Waals surface area contributed by atoms with Gasteiger partial charge in [-0.1, -0.05) is 12.1 Å². The molecule has 6 nitrogen and oxygen atoms in total. The number of rotatable bonds is 5. The lowest BCUT2D eigenvalue weighted by molar-refractivity contribution is 0.0717. The standard InChI is InChI=1S/C20H22O6/c1-24-18-8-12(3-5-16(18)22)7-14-11-26-20(15(14)10-21)13-4-6-17(23)19(9-13)25-2/h3-9,14-15,20-21,23H,10-11H2,1-2H3/p+1/b12-7-/t14-,15+,20-/m1/s1. The number of hydrogen-bond acceptors (Lipinski definition) is 5. The minimum atomic E-state index is -0.297. The second-order valence-electron chi connectivity index (χ2n) is 6.29. The van der Waals surface area contributed by atoms with Crippen molar-refractivity contribution >= 4 is 5.78 Å². The van der Waals surface area contributed by atoms with Crippen molar-refractivity contribution in [2.24, 2.45) is 11.8 Å². The molecule has 26 heavy (non-hydrogen) atoms. The Morgan fingerprint density at radius 1 is 1.27 bits per heavy atom. The Hall–Kier alpha value is -2.57. The number of aliphatic hydroxyl groups is 1. The highest BCUT2D eigenvalue weighted by molar-refractivity contribution is 6.05. The van der Waals surface area contributed by atoms with Crippen LogP contribution in [0.2, 0.25) is 0 Å². The van der Waals surface area contributed by atoms with E-state index in [0.717, 1.165) is 11.1 Å². The van der Waals surface area contributed by atoms with Gasteiger partial charge in [0.1, 0.15) is 0 Å². The van der Waals surface area contributed by atoms with Crippen molar-refractivity contribution in [3.8, 4) is 11.5 Å². The van der Waals surface area contributed by atoms with Crippen molar-refractivity contribution in [2.75, 3.05) is 27.4 Å². The van der Waals surface area contributed by atoms with Crippen LogP contribution >= 0.6 is 0 Å². The van der Waals surface area contributed by atoms with Crippen LogP contribution in [-0.2, 0) is 9.47 Å². The zero-order valence-electron chi connectivity index (χ0n) is 14.8. The number of allylic oxidation sites excluding steroid dienone is 4. The number of aromatic hydroxyl groups is 1. The van der Waals surface area contributed by atoms with Gasteiger partial charge in [0.2, 0.25) is 5.76 Å². The topological polar surface area (TPSA) is 89.6 Å². The summed E-state index contributed by atoms with van der Waals surface area (Å²) in [5.41, 5.74) is 1.73. The zero-order chi connectivity index (χ0) is 18.7. The maximum absolute atomic E-state index is 9.93. The number of methoxy groups -OCH3 is 2. The maximum atomic E-state index is 9.93. The number of aliphatic hydroxyl groups excluding tert-OH is 1. The van der Waals surface area contributed by atoms with Crippen molar-refractivity contribution < 1.29 is 29.2 Å². The molecule has 0 spiro atoms. The third kappa shape index (κ3) is 3.52. The molecule has 1 aliphatic heterocycles. The van der Waals surface area contributed by atoms with E-state index in [9.17, 15) is 15.0 Å². The lowest BCUT2D eigenvalue weighted by atomic mass is 9.86. The van der Waals surface area contributed by atoms with Gasteiger partial charge < -0.3 is 24.4 Å². The molecular formula is C20H23O6+. The fourth-order valence-corrected chi connectivity index (χ4v) is 3.35. The van der Waals surface area contributed by atoms with E-state index in [1.807, 2.05) is 6.08 Å². The summed E-state index contributed by atoms with van der Waals surface area (Å²) in [6.07, 6.45) is 6.84. The van der Waals surface area contributed by atoms with Crippen LogP contribution in [0.3, 0.4) is 0 Å². The minimum Gasteiger partial charge on any atom is -0.504 e. The second kappa shape index (κ2) is 7.76. The van der Waals surface area contributed by atoms with E-state index in [2.05, 4.69) is 0 Å². The Labute approximate surface area is 152 Å². The number of phenols is 1. The Kier molecular flexibility index (Phi) is 5.44. The summed E-state index contributed by atoms with van der Waals surface area (Å²) < 4.78 is 16.2. The van der Waals surface area contributed by atoms with E-state index in [1.54, 1.807) is 36.4 Å². The first-order chi connectivity index (χ1) is 12.6. The SMILES string of the molecule is COC1=C/C(=C\[C@@H]2CO[C@H](c3ccc(O)c(OC)c3)[C@H]2CO)C=CC1=[OH+]. The first-order valence-electron chi connectivity index (χ1n) is 8.38. The van der Waals surface area contributed by atoms with Crippen LogP contribution in [0, 0.1) is 11.8 Å². The van der Waals surface area contributed by atoms with E-state index >= 15 is 0 Å². The summed E-state index contributed by atoms with van der Waals surface area (Å²) in [5.74, 6) is 0.786. The highest BCUT2D eigenvalue weighted by Gasteiger charge is 2.37. The average molecular weight is 359 g/mol. The van der Waals surface area contributed by atoms with Gasteiger partial charge in [0.05, 0.1) is 26.9 Å². The quantitative estimate of drug-likeness (QED) is 0.787. The summed E-state index contributed by atoms with van der Waals surface area (Å²) in [6, 6.07) is 5.07. The lowest BCUT2D eigenvalue weighted by Gasteiger charge is -2.20. The Balaban J connectivity index is 1.84. The van der Waals surface area contributed by atoms with Crippen molar-refractivity contribution in [3.05, 3.63) is 59.4 Å². The van der Waals surface area contributed by atoms with Gasteiger partial charge in [0.25, 0.3) is 0 Å². The predicted octanol–water partition coefficient (Wildman–Crippen LogP) is 2.27. The largest absolute Gasteiger partial charge is 0.504 e. The molecule has 2 aliphatic rings. The number of benzene rings is 1. The van der Waals surface area contributed by atoms with Crippen LogP contribution in [0.25, 0.3) is 0 Å². The number of carbonyl (C=O) groups excluding carboxylic acids is 1. The van der Waals surface area contributed by atoms with Crippen LogP contribution in [0.15, 0.2) is 53.8 Å². The van der Waals surface area contributed by atoms with Crippen molar-refractivity contribution in [2.45, 2.75) is 6.10 Å². The number of hydrogen-bond donors (Lipinski definition) is 2. The summed E-state index contributed by atoms with van der Waals surface area (Å²) >= 11 is 0. The van der Waals surface area contributed by atoms with Gasteiger partial charge >= 0.3 is 5.78 Å². The molecule has 3 atom stereocenters. The van der Waals surface area contributed by atoms with Crippen molar-refractivity contribution in [1.29, 1.82) is 0 Å². The number of ketones is 1. The first kappa shape index (κ1) is 18.2. The van der Waals surface area contributed by atoms with E-state index in [0.29, 0.717) is 18.1 Å². The molecule has 1 heterocycles. The van der Waals surface area contributed by atoms with Crippen LogP contribution in [-0.4, -0.2) is 48.2 Å². The van der Waals surface area contributed by atoms with Gasteiger partial charge in [-0.25, -0.2) is 0 Å². The van der Waals surface area contributed by atoms with Gasteiger partial charge in [-0.15, -0.1) is 0 Å². The molecule has 3 N–H and O–H groups in total. The average Bonchev–Trinajstić information content (AvgIpc) is 3.06. The summed E-state index contributed by atoms with van der Waals surface area (Å²) in [7, 11) is 2.99. The van der Waals surface area contributed by atoms with Crippen LogP contribution in [0.1, 0.15) is 11.7 Å². The predicted molar refractivity (Wildman–Crippen MR) is 96.7 cm³/mol. The van der Waals surface area contributed by atoms with Gasteiger partial charge in [0, 0.05) is 24.5 Å². The molecule has 0 unspecified atom stereocenters. The normalized spacial score (nSPS) is 26.9. The molecule has 0 saturated carbocycles. The third-order valence-electron chi connectivity index (χ3n) is 4.76. The van der Waals surface area contributed by atoms with Crippen molar-refractivity contribution in [1.82, 2.24) is 0 Å². The molecule has 0 aromatic heterocycles. The zero-order valence-corrected chi connectivity index (χ0v) is 14.8. The fraction of sp³-hybridized carbons (Fsp3) is 0.350. The third-order valence-corrected chi connectivity index (χ3v) is 4.76. The Morgan fingerprint density at radius 2 is 2.08 bits per heavy atom. The number of ether oxygens (including phenoxy) is 3. The Bertz CT molecular complexity index is 777. The van der Waals surface area contributed by atoms with Crippen molar-refractivity contribution in [3.63, 3.8) is 0 Å². The fourth-order valence-electron chi connectivity index (χ4n) is 3.35. The molecule has 0 amide bonds. The molecule has 1 aromatic carbocycles. The van der Waals surface area contributed by atoms with Crippen LogP contribution in [0.4, 0.5) is 0 Å². The molecule has 1 saturated heterocycles.